The highest BCUT2D eigenvalue weighted by molar-refractivity contribution is 9.10. The minimum Gasteiger partial charge on any atom is -0.478 e. The molecule has 1 aromatic carbocycles. The molecule has 1 aromatic rings. The van der Waals surface area contributed by atoms with Gasteiger partial charge in [-0.1, -0.05) is 29.8 Å². The maximum absolute atomic E-state index is 12.4. The van der Waals surface area contributed by atoms with Crippen molar-refractivity contribution in [1.82, 2.24) is 4.90 Å². The molecule has 0 saturated carbocycles. The topological polar surface area (TPSA) is 69.6 Å². The maximum atomic E-state index is 12.4. The number of carboxylic acid groups (broad SMARTS) is 1. The Morgan fingerprint density at radius 1 is 1.43 bits per heavy atom. The zero-order valence-electron chi connectivity index (χ0n) is 12.1. The number of benzene rings is 1. The van der Waals surface area contributed by atoms with Crippen molar-refractivity contribution in [1.29, 1.82) is 0 Å². The van der Waals surface area contributed by atoms with Crippen LogP contribution in [0.5, 0.6) is 0 Å². The second kappa shape index (κ2) is 6.47. The predicted octanol–water partition coefficient (Wildman–Crippen LogP) is 3.80. The molecule has 0 aromatic heterocycles. The minimum absolute atomic E-state index is 0.0897. The number of carbonyl (C=O) groups excluding carboxylic acids is 1. The van der Waals surface area contributed by atoms with Gasteiger partial charge in [0, 0.05) is 17.1 Å². The molecule has 1 aliphatic heterocycles. The Kier molecular flexibility index (Phi) is 4.88. The highest BCUT2D eigenvalue weighted by Gasteiger charge is 2.31. The van der Waals surface area contributed by atoms with Crippen molar-refractivity contribution in [2.24, 2.45) is 5.92 Å². The molecule has 1 unspecified atom stereocenters. The summed E-state index contributed by atoms with van der Waals surface area (Å²) in [6.45, 7) is 4.90. The fourth-order valence-electron chi connectivity index (χ4n) is 2.73. The van der Waals surface area contributed by atoms with E-state index in [1.807, 2.05) is 0 Å². The summed E-state index contributed by atoms with van der Waals surface area (Å²) in [5.74, 6) is -0.667. The Morgan fingerprint density at radius 3 is 2.76 bits per heavy atom. The first-order valence-corrected chi connectivity index (χ1v) is 7.80. The number of nitrogens with zero attached hydrogens (tertiary/aromatic N) is 1. The smallest absolute Gasteiger partial charge is 0.337 e. The number of carbonyl (C=O) groups is 2. The van der Waals surface area contributed by atoms with Gasteiger partial charge in [-0.3, -0.25) is 0 Å². The van der Waals surface area contributed by atoms with Crippen LogP contribution in [0.15, 0.2) is 22.7 Å². The first-order valence-electron chi connectivity index (χ1n) is 7.00. The fourth-order valence-corrected chi connectivity index (χ4v) is 3.09. The van der Waals surface area contributed by atoms with E-state index in [1.54, 1.807) is 17.0 Å². The Labute approximate surface area is 132 Å². The summed E-state index contributed by atoms with van der Waals surface area (Å²) >= 11 is 3.30. The van der Waals surface area contributed by atoms with E-state index in [0.29, 0.717) is 18.2 Å². The van der Waals surface area contributed by atoms with Crippen LogP contribution in [0, 0.1) is 5.92 Å². The van der Waals surface area contributed by atoms with Crippen LogP contribution in [0.2, 0.25) is 0 Å². The summed E-state index contributed by atoms with van der Waals surface area (Å²) in [6.07, 6.45) is 1.98. The molecule has 114 valence electrons. The van der Waals surface area contributed by atoms with E-state index in [-0.39, 0.29) is 17.6 Å². The molecule has 0 spiro atoms. The monoisotopic (exact) mass is 354 g/mol. The van der Waals surface area contributed by atoms with Crippen LogP contribution in [-0.2, 0) is 0 Å². The van der Waals surface area contributed by atoms with Gasteiger partial charge in [0.1, 0.15) is 0 Å². The van der Waals surface area contributed by atoms with Crippen LogP contribution in [-0.4, -0.2) is 34.6 Å². The number of urea groups is 1. The molecule has 1 atom stereocenters. The van der Waals surface area contributed by atoms with E-state index in [1.165, 1.54) is 6.07 Å². The average Bonchev–Trinajstić information content (AvgIpc) is 2.87. The number of halogens is 1. The molecule has 5 nitrogen and oxygen atoms in total. The summed E-state index contributed by atoms with van der Waals surface area (Å²) in [5.41, 5.74) is 0.406. The summed E-state index contributed by atoms with van der Waals surface area (Å²) in [6, 6.07) is 4.72. The number of anilines is 1. The van der Waals surface area contributed by atoms with Crippen molar-refractivity contribution in [2.75, 3.05) is 11.9 Å². The number of hydrogen-bond donors (Lipinski definition) is 2. The van der Waals surface area contributed by atoms with Crippen molar-refractivity contribution in [3.8, 4) is 0 Å². The predicted molar refractivity (Wildman–Crippen MR) is 84.7 cm³/mol. The van der Waals surface area contributed by atoms with Gasteiger partial charge in [0.25, 0.3) is 0 Å². The summed E-state index contributed by atoms with van der Waals surface area (Å²) in [4.78, 5) is 25.5. The lowest BCUT2D eigenvalue weighted by molar-refractivity contribution is 0.0698. The number of likely N-dealkylation sites (tertiary alicyclic amines) is 1. The van der Waals surface area contributed by atoms with Crippen LogP contribution in [0.25, 0.3) is 0 Å². The third-order valence-electron chi connectivity index (χ3n) is 3.78. The second-order valence-corrected chi connectivity index (χ2v) is 6.49. The number of nitrogens with one attached hydrogen (secondary N) is 1. The molecule has 1 fully saturated rings. The molecule has 1 heterocycles. The van der Waals surface area contributed by atoms with E-state index < -0.39 is 5.97 Å². The zero-order valence-corrected chi connectivity index (χ0v) is 13.7. The van der Waals surface area contributed by atoms with Gasteiger partial charge >= 0.3 is 12.0 Å². The summed E-state index contributed by atoms with van der Waals surface area (Å²) < 4.78 is 0.727. The van der Waals surface area contributed by atoms with E-state index in [0.717, 1.165) is 17.3 Å². The lowest BCUT2D eigenvalue weighted by atomic mass is 10.0. The van der Waals surface area contributed by atoms with E-state index >= 15 is 0 Å². The van der Waals surface area contributed by atoms with Crippen LogP contribution >= 0.6 is 15.9 Å². The van der Waals surface area contributed by atoms with Gasteiger partial charge in [0.2, 0.25) is 0 Å². The van der Waals surface area contributed by atoms with Gasteiger partial charge in [0.15, 0.2) is 0 Å². The van der Waals surface area contributed by atoms with Gasteiger partial charge in [-0.2, -0.15) is 0 Å². The van der Waals surface area contributed by atoms with E-state index in [2.05, 4.69) is 35.1 Å². The van der Waals surface area contributed by atoms with Gasteiger partial charge in [-0.25, -0.2) is 9.59 Å². The molecule has 2 N–H and O–H groups in total. The molecule has 0 bridgehead atoms. The van der Waals surface area contributed by atoms with Crippen molar-refractivity contribution in [3.05, 3.63) is 28.2 Å². The third-order valence-corrected chi connectivity index (χ3v) is 4.28. The number of hydrogen-bond acceptors (Lipinski definition) is 2. The molecule has 0 aliphatic carbocycles. The lowest BCUT2D eigenvalue weighted by Crippen LogP contribution is -2.41. The SMILES string of the molecule is CC(C)C1CCCN1C(=O)Nc1cc(Br)ccc1C(=O)O. The number of aromatic carboxylic acids is 1. The molecule has 2 rings (SSSR count). The third kappa shape index (κ3) is 3.56. The highest BCUT2D eigenvalue weighted by atomic mass is 79.9. The van der Waals surface area contributed by atoms with Gasteiger partial charge in [0.05, 0.1) is 11.3 Å². The van der Waals surface area contributed by atoms with E-state index in [9.17, 15) is 14.7 Å². The van der Waals surface area contributed by atoms with Gasteiger partial charge in [-0.05, 0) is 37.0 Å². The molecule has 21 heavy (non-hydrogen) atoms. The summed E-state index contributed by atoms with van der Waals surface area (Å²) in [5, 5.41) is 11.9. The molecular weight excluding hydrogens is 336 g/mol. The largest absolute Gasteiger partial charge is 0.478 e. The minimum atomic E-state index is -1.06. The van der Waals surface area contributed by atoms with Crippen LogP contribution in [0.4, 0.5) is 10.5 Å². The lowest BCUT2D eigenvalue weighted by Gasteiger charge is -2.28. The fraction of sp³-hybridized carbons (Fsp3) is 0.467. The Balaban J connectivity index is 2.20. The molecule has 1 saturated heterocycles. The molecular formula is C15H19BrN2O3. The molecule has 2 amide bonds. The van der Waals surface area contributed by atoms with Gasteiger partial charge in [-0.15, -0.1) is 0 Å². The Morgan fingerprint density at radius 2 is 2.14 bits per heavy atom. The molecule has 1 aliphatic rings. The molecule has 0 radical (unpaired) electrons. The summed E-state index contributed by atoms with van der Waals surface area (Å²) in [7, 11) is 0. The van der Waals surface area contributed by atoms with Crippen molar-refractivity contribution < 1.29 is 14.7 Å². The van der Waals surface area contributed by atoms with Crippen LogP contribution < -0.4 is 5.32 Å². The molecule has 6 heteroatoms. The van der Waals surface area contributed by atoms with E-state index in [4.69, 9.17) is 0 Å². The van der Waals surface area contributed by atoms with Gasteiger partial charge < -0.3 is 15.3 Å². The number of carboxylic acids is 1. The van der Waals surface area contributed by atoms with Crippen molar-refractivity contribution in [2.45, 2.75) is 32.7 Å². The standard InChI is InChI=1S/C15H19BrN2O3/c1-9(2)13-4-3-7-18(13)15(21)17-12-8-10(16)5-6-11(12)14(19)20/h5-6,8-9,13H,3-4,7H2,1-2H3,(H,17,21)(H,19,20). The quantitative estimate of drug-likeness (QED) is 0.867. The number of amides is 2. The first kappa shape index (κ1) is 15.8. The van der Waals surface area contributed by atoms with Crippen LogP contribution in [0.3, 0.4) is 0 Å². The van der Waals surface area contributed by atoms with Crippen molar-refractivity contribution in [3.63, 3.8) is 0 Å². The normalized spacial score (nSPS) is 18.1. The number of rotatable bonds is 3. The maximum Gasteiger partial charge on any atom is 0.337 e. The van der Waals surface area contributed by atoms with Crippen molar-refractivity contribution >= 4 is 33.6 Å². The second-order valence-electron chi connectivity index (χ2n) is 5.57. The van der Waals surface area contributed by atoms with Crippen LogP contribution in [0.1, 0.15) is 37.0 Å². The zero-order chi connectivity index (χ0) is 15.6. The Hall–Kier alpha value is -1.56. The highest BCUT2D eigenvalue weighted by Crippen LogP contribution is 2.26. The average molecular weight is 355 g/mol. The first-order chi connectivity index (χ1) is 9.90. The Bertz CT molecular complexity index is 560.